The molecule has 0 saturated carbocycles. The molecule has 5 heteroatoms. The summed E-state index contributed by atoms with van der Waals surface area (Å²) in [5.41, 5.74) is 0.508. The third-order valence-corrected chi connectivity index (χ3v) is 2.89. The molecule has 0 aromatic heterocycles. The summed E-state index contributed by atoms with van der Waals surface area (Å²) in [4.78, 5) is 4.13. The van der Waals surface area contributed by atoms with Gasteiger partial charge in [-0.15, -0.1) is 0 Å². The Morgan fingerprint density at radius 2 is 2.00 bits per heavy atom. The number of nitrogens with zero attached hydrogens (tertiary/aromatic N) is 1. The van der Waals surface area contributed by atoms with Crippen LogP contribution in [0.4, 0.5) is 0 Å². The molecule has 0 saturated heterocycles. The van der Waals surface area contributed by atoms with Gasteiger partial charge < -0.3 is 10.4 Å². The van der Waals surface area contributed by atoms with Crippen molar-refractivity contribution in [1.29, 1.82) is 0 Å². The van der Waals surface area contributed by atoms with Crippen LogP contribution in [0, 0.1) is 0 Å². The van der Waals surface area contributed by atoms with Gasteiger partial charge in [-0.25, -0.2) is 0 Å². The second-order valence-electron chi connectivity index (χ2n) is 3.23. The summed E-state index contributed by atoms with van der Waals surface area (Å²) in [5, 5.41) is 13.9. The van der Waals surface area contributed by atoms with E-state index in [0.717, 1.165) is 6.54 Å². The van der Waals surface area contributed by atoms with E-state index in [1.807, 2.05) is 0 Å². The standard InChI is InChI=1S/C10H10Cl2N2O/c11-6-2-1-3-7(12)8(6)9(15)10-13-4-5-14-10/h1-3,9,15H,4-5H2,(H,13,14). The lowest BCUT2D eigenvalue weighted by molar-refractivity contribution is 0.244. The third kappa shape index (κ3) is 2.09. The van der Waals surface area contributed by atoms with Gasteiger partial charge in [0.1, 0.15) is 11.9 Å². The van der Waals surface area contributed by atoms with Crippen molar-refractivity contribution in [2.75, 3.05) is 13.1 Å². The fourth-order valence-electron chi connectivity index (χ4n) is 1.51. The van der Waals surface area contributed by atoms with Gasteiger partial charge in [0.05, 0.1) is 6.54 Å². The fraction of sp³-hybridized carbons (Fsp3) is 0.300. The monoisotopic (exact) mass is 244 g/mol. The van der Waals surface area contributed by atoms with E-state index in [0.29, 0.717) is 28.0 Å². The topological polar surface area (TPSA) is 44.6 Å². The van der Waals surface area contributed by atoms with Crippen molar-refractivity contribution in [2.24, 2.45) is 4.99 Å². The number of amidine groups is 1. The average molecular weight is 245 g/mol. The van der Waals surface area contributed by atoms with Crippen LogP contribution in [-0.2, 0) is 0 Å². The molecule has 15 heavy (non-hydrogen) atoms. The van der Waals surface area contributed by atoms with E-state index >= 15 is 0 Å². The molecule has 0 aliphatic carbocycles. The first-order valence-corrected chi connectivity index (χ1v) is 5.36. The fourth-order valence-corrected chi connectivity index (χ4v) is 2.11. The Hall–Kier alpha value is -0.770. The highest BCUT2D eigenvalue weighted by atomic mass is 35.5. The van der Waals surface area contributed by atoms with Gasteiger partial charge >= 0.3 is 0 Å². The van der Waals surface area contributed by atoms with Crippen LogP contribution < -0.4 is 5.32 Å². The van der Waals surface area contributed by atoms with Crippen LogP contribution in [0.15, 0.2) is 23.2 Å². The molecule has 1 aliphatic rings. The summed E-state index contributed by atoms with van der Waals surface area (Å²) in [6.07, 6.45) is -0.867. The van der Waals surface area contributed by atoms with Crippen LogP contribution in [0.25, 0.3) is 0 Å². The Labute approximate surface area is 97.7 Å². The number of rotatable bonds is 2. The first-order chi connectivity index (χ1) is 7.20. The van der Waals surface area contributed by atoms with Crippen LogP contribution >= 0.6 is 23.2 Å². The average Bonchev–Trinajstić information content (AvgIpc) is 2.69. The molecule has 1 aromatic rings. The first-order valence-electron chi connectivity index (χ1n) is 4.60. The summed E-state index contributed by atoms with van der Waals surface area (Å²) < 4.78 is 0. The number of nitrogens with one attached hydrogen (secondary N) is 1. The number of aliphatic hydroxyl groups is 1. The number of aliphatic hydroxyl groups excluding tert-OH is 1. The minimum Gasteiger partial charge on any atom is -0.380 e. The van der Waals surface area contributed by atoms with E-state index in [1.165, 1.54) is 0 Å². The lowest BCUT2D eigenvalue weighted by atomic mass is 10.1. The van der Waals surface area contributed by atoms with Crippen LogP contribution in [0.1, 0.15) is 11.7 Å². The van der Waals surface area contributed by atoms with Gasteiger partial charge in [-0.3, -0.25) is 4.99 Å². The largest absolute Gasteiger partial charge is 0.380 e. The lowest BCUT2D eigenvalue weighted by Gasteiger charge is -2.14. The van der Waals surface area contributed by atoms with Crippen molar-refractivity contribution in [3.63, 3.8) is 0 Å². The minimum absolute atomic E-state index is 0.450. The maximum Gasteiger partial charge on any atom is 0.139 e. The predicted molar refractivity (Wildman–Crippen MR) is 61.7 cm³/mol. The summed E-state index contributed by atoms with van der Waals surface area (Å²) in [7, 11) is 0. The second-order valence-corrected chi connectivity index (χ2v) is 4.05. The minimum atomic E-state index is -0.867. The molecule has 80 valence electrons. The molecule has 0 bridgehead atoms. The van der Waals surface area contributed by atoms with Crippen LogP contribution in [0.3, 0.4) is 0 Å². The zero-order valence-electron chi connectivity index (χ0n) is 7.87. The quantitative estimate of drug-likeness (QED) is 0.837. The van der Waals surface area contributed by atoms with Gasteiger partial charge in [0.2, 0.25) is 0 Å². The molecule has 1 unspecified atom stereocenters. The third-order valence-electron chi connectivity index (χ3n) is 2.23. The molecule has 0 radical (unpaired) electrons. The molecule has 1 atom stereocenters. The number of benzene rings is 1. The molecule has 1 aromatic carbocycles. The van der Waals surface area contributed by atoms with Crippen molar-refractivity contribution in [1.82, 2.24) is 5.32 Å². The zero-order valence-corrected chi connectivity index (χ0v) is 9.39. The smallest absolute Gasteiger partial charge is 0.139 e. The highest BCUT2D eigenvalue weighted by Gasteiger charge is 2.22. The Morgan fingerprint density at radius 1 is 1.33 bits per heavy atom. The second kappa shape index (κ2) is 4.39. The molecule has 2 N–H and O–H groups in total. The summed E-state index contributed by atoms with van der Waals surface area (Å²) in [6, 6.07) is 5.13. The van der Waals surface area contributed by atoms with Crippen molar-refractivity contribution < 1.29 is 5.11 Å². The highest BCUT2D eigenvalue weighted by molar-refractivity contribution is 6.36. The number of hydrogen-bond donors (Lipinski definition) is 2. The Bertz CT molecular complexity index is 386. The molecule has 2 rings (SSSR count). The SMILES string of the molecule is OC(C1=NCCN1)c1c(Cl)cccc1Cl. The molecule has 0 fully saturated rings. The predicted octanol–water partition coefficient (Wildman–Crippen LogP) is 2.03. The molecule has 3 nitrogen and oxygen atoms in total. The van der Waals surface area contributed by atoms with E-state index in [-0.39, 0.29) is 0 Å². The van der Waals surface area contributed by atoms with Gasteiger partial charge in [0.15, 0.2) is 0 Å². The van der Waals surface area contributed by atoms with Crippen LogP contribution in [0.5, 0.6) is 0 Å². The van der Waals surface area contributed by atoms with E-state index in [9.17, 15) is 5.11 Å². The maximum absolute atomic E-state index is 10.0. The van der Waals surface area contributed by atoms with Crippen molar-refractivity contribution in [3.8, 4) is 0 Å². The van der Waals surface area contributed by atoms with E-state index in [1.54, 1.807) is 18.2 Å². The van der Waals surface area contributed by atoms with Crippen LogP contribution in [0.2, 0.25) is 10.0 Å². The molecule has 0 amide bonds. The normalized spacial score (nSPS) is 17.1. The van der Waals surface area contributed by atoms with E-state index in [4.69, 9.17) is 23.2 Å². The Kier molecular flexibility index (Phi) is 3.14. The van der Waals surface area contributed by atoms with Gasteiger partial charge in [-0.2, -0.15) is 0 Å². The summed E-state index contributed by atoms with van der Waals surface area (Å²) in [5.74, 6) is 0.532. The molecule has 1 heterocycles. The van der Waals surface area contributed by atoms with E-state index < -0.39 is 6.10 Å². The van der Waals surface area contributed by atoms with Gasteiger partial charge in [0.25, 0.3) is 0 Å². The number of hydrogen-bond acceptors (Lipinski definition) is 3. The number of aliphatic imine (C=N–C) groups is 1. The first kappa shape index (κ1) is 10.7. The maximum atomic E-state index is 10.0. The lowest BCUT2D eigenvalue weighted by Crippen LogP contribution is -2.25. The van der Waals surface area contributed by atoms with Gasteiger partial charge in [-0.1, -0.05) is 29.3 Å². The van der Waals surface area contributed by atoms with Gasteiger partial charge in [0, 0.05) is 22.2 Å². The highest BCUT2D eigenvalue weighted by Crippen LogP contribution is 2.30. The summed E-state index contributed by atoms with van der Waals surface area (Å²) in [6.45, 7) is 1.42. The van der Waals surface area contributed by atoms with Crippen LogP contribution in [-0.4, -0.2) is 24.0 Å². The molecular formula is C10H10Cl2N2O. The Balaban J connectivity index is 2.36. The van der Waals surface area contributed by atoms with Crippen molar-refractivity contribution in [2.45, 2.75) is 6.10 Å². The van der Waals surface area contributed by atoms with Gasteiger partial charge in [-0.05, 0) is 12.1 Å². The molecular weight excluding hydrogens is 235 g/mol. The van der Waals surface area contributed by atoms with Crippen molar-refractivity contribution >= 4 is 29.0 Å². The van der Waals surface area contributed by atoms with E-state index in [2.05, 4.69) is 10.3 Å². The Morgan fingerprint density at radius 3 is 2.53 bits per heavy atom. The number of halogens is 2. The van der Waals surface area contributed by atoms with Crippen molar-refractivity contribution in [3.05, 3.63) is 33.8 Å². The molecule has 1 aliphatic heterocycles. The summed E-state index contributed by atoms with van der Waals surface area (Å²) >= 11 is 12.0. The molecule has 0 spiro atoms. The zero-order chi connectivity index (χ0) is 10.8.